The van der Waals surface area contributed by atoms with E-state index in [-0.39, 0.29) is 12.5 Å². The van der Waals surface area contributed by atoms with Crippen LogP contribution in [-0.2, 0) is 14.3 Å². The fraction of sp³-hybridized carbons (Fsp3) is 0.981. The molecule has 1 saturated heterocycles. The Morgan fingerprint density at radius 1 is 0.484 bits per heavy atom. The second-order valence-electron chi connectivity index (χ2n) is 19.4. The average molecular weight is 884 g/mol. The van der Waals surface area contributed by atoms with E-state index >= 15 is 0 Å². The van der Waals surface area contributed by atoms with E-state index < -0.39 is 49.5 Å². The van der Waals surface area contributed by atoms with Gasteiger partial charge < -0.3 is 40.3 Å². The third kappa shape index (κ3) is 33.6. The lowest BCUT2D eigenvalue weighted by atomic mass is 9.99. The van der Waals surface area contributed by atoms with E-state index in [1.54, 1.807) is 0 Å². The Hall–Kier alpha value is -0.810. The number of carbonyl (C=O) groups is 1. The van der Waals surface area contributed by atoms with Crippen molar-refractivity contribution in [2.75, 3.05) is 13.2 Å². The van der Waals surface area contributed by atoms with Crippen LogP contribution in [0.1, 0.15) is 277 Å². The van der Waals surface area contributed by atoms with Crippen LogP contribution in [0, 0.1) is 0 Å². The molecule has 0 aromatic carbocycles. The van der Waals surface area contributed by atoms with Gasteiger partial charge >= 0.3 is 0 Å². The highest BCUT2D eigenvalue weighted by Gasteiger charge is 2.44. The smallest absolute Gasteiger partial charge is 0.220 e. The summed E-state index contributed by atoms with van der Waals surface area (Å²) in [5.74, 6) is -0.137. The van der Waals surface area contributed by atoms with Gasteiger partial charge in [0, 0.05) is 6.42 Å². The first kappa shape index (κ1) is 59.2. The number of aliphatic hydroxyl groups excluding tert-OH is 5. The number of ether oxygens (including phenoxy) is 2. The summed E-state index contributed by atoms with van der Waals surface area (Å²) in [6.07, 6.45) is 44.0. The molecule has 1 fully saturated rings. The minimum absolute atomic E-state index is 0.131. The van der Waals surface area contributed by atoms with Crippen molar-refractivity contribution in [1.29, 1.82) is 0 Å². The maximum absolute atomic E-state index is 13.0. The van der Waals surface area contributed by atoms with Crippen molar-refractivity contribution in [3.05, 3.63) is 0 Å². The molecule has 0 aromatic heterocycles. The molecule has 62 heavy (non-hydrogen) atoms. The van der Waals surface area contributed by atoms with Crippen LogP contribution >= 0.6 is 0 Å². The molecule has 1 heterocycles. The Labute approximate surface area is 383 Å². The van der Waals surface area contributed by atoms with Gasteiger partial charge in [-0.2, -0.15) is 0 Å². The summed E-state index contributed by atoms with van der Waals surface area (Å²) in [6, 6.07) is -0.712. The topological polar surface area (TPSA) is 149 Å². The predicted octanol–water partition coefficient (Wildman–Crippen LogP) is 12.7. The Kier molecular flexibility index (Phi) is 42.1. The zero-order valence-corrected chi connectivity index (χ0v) is 40.9. The first-order valence-corrected chi connectivity index (χ1v) is 27.2. The van der Waals surface area contributed by atoms with E-state index in [2.05, 4.69) is 19.2 Å². The second-order valence-corrected chi connectivity index (χ2v) is 19.4. The lowest BCUT2D eigenvalue weighted by Crippen LogP contribution is -2.60. The highest BCUT2D eigenvalue weighted by Crippen LogP contribution is 2.23. The molecular formula is C53H105NO8. The average Bonchev–Trinajstić information content (AvgIpc) is 3.27. The zero-order valence-electron chi connectivity index (χ0n) is 40.9. The third-order valence-corrected chi connectivity index (χ3v) is 13.5. The lowest BCUT2D eigenvalue weighted by molar-refractivity contribution is -0.302. The molecule has 0 spiro atoms. The van der Waals surface area contributed by atoms with Crippen molar-refractivity contribution >= 4 is 5.91 Å². The second kappa shape index (κ2) is 44.0. The molecule has 6 N–H and O–H groups in total. The normalized spacial score (nSPS) is 20.1. The quantitative estimate of drug-likeness (QED) is 0.0331. The number of rotatable bonds is 47. The van der Waals surface area contributed by atoms with Crippen LogP contribution in [0.3, 0.4) is 0 Å². The van der Waals surface area contributed by atoms with Gasteiger partial charge in [-0.15, -0.1) is 0 Å². The van der Waals surface area contributed by atoms with Crippen LogP contribution in [0.15, 0.2) is 0 Å². The fourth-order valence-electron chi connectivity index (χ4n) is 9.11. The van der Waals surface area contributed by atoms with Gasteiger partial charge in [0.25, 0.3) is 0 Å². The molecule has 7 atom stereocenters. The van der Waals surface area contributed by atoms with Gasteiger partial charge in [-0.05, 0) is 12.8 Å². The number of unbranched alkanes of at least 4 members (excludes halogenated alkanes) is 37. The highest BCUT2D eigenvalue weighted by atomic mass is 16.7. The van der Waals surface area contributed by atoms with Crippen molar-refractivity contribution < 1.29 is 39.8 Å². The van der Waals surface area contributed by atoms with Gasteiger partial charge in [0.1, 0.15) is 24.4 Å². The summed E-state index contributed by atoms with van der Waals surface area (Å²) in [5.41, 5.74) is 0. The SMILES string of the molecule is CCCCCCCCCCCCCCCCCCCCCCCCC(=O)NC(COC1OC(CO)C(O)C(O)C1O)C(O)CCCCCCCCCCCCCCCCCCC. The molecule has 0 radical (unpaired) electrons. The van der Waals surface area contributed by atoms with E-state index in [0.29, 0.717) is 12.8 Å². The molecule has 7 unspecified atom stereocenters. The van der Waals surface area contributed by atoms with Gasteiger partial charge in [0.05, 0.1) is 25.4 Å². The number of hydrogen-bond donors (Lipinski definition) is 6. The first-order chi connectivity index (χ1) is 30.3. The highest BCUT2D eigenvalue weighted by molar-refractivity contribution is 5.76. The third-order valence-electron chi connectivity index (χ3n) is 13.5. The predicted molar refractivity (Wildman–Crippen MR) is 258 cm³/mol. The van der Waals surface area contributed by atoms with Crippen LogP contribution in [-0.4, -0.2) is 87.5 Å². The van der Waals surface area contributed by atoms with Crippen molar-refractivity contribution in [1.82, 2.24) is 5.32 Å². The number of nitrogens with one attached hydrogen (secondary N) is 1. The Morgan fingerprint density at radius 3 is 1.15 bits per heavy atom. The van der Waals surface area contributed by atoms with Gasteiger partial charge in [0.2, 0.25) is 5.91 Å². The Morgan fingerprint density at radius 2 is 0.806 bits per heavy atom. The summed E-state index contributed by atoms with van der Waals surface area (Å²) in [4.78, 5) is 13.0. The van der Waals surface area contributed by atoms with Crippen molar-refractivity contribution in [2.45, 2.75) is 320 Å². The summed E-state index contributed by atoms with van der Waals surface area (Å²) in [5, 5.41) is 54.6. The van der Waals surface area contributed by atoms with E-state index in [1.807, 2.05) is 0 Å². The molecule has 0 aromatic rings. The molecule has 370 valence electrons. The number of amides is 1. The van der Waals surface area contributed by atoms with Crippen LogP contribution < -0.4 is 5.32 Å². The zero-order chi connectivity index (χ0) is 45.1. The van der Waals surface area contributed by atoms with Crippen molar-refractivity contribution in [3.8, 4) is 0 Å². The monoisotopic (exact) mass is 884 g/mol. The fourth-order valence-corrected chi connectivity index (χ4v) is 9.11. The number of hydrogen-bond acceptors (Lipinski definition) is 8. The molecule has 0 aliphatic carbocycles. The van der Waals surface area contributed by atoms with E-state index in [9.17, 15) is 30.3 Å². The maximum atomic E-state index is 13.0. The molecule has 0 bridgehead atoms. The van der Waals surface area contributed by atoms with E-state index in [4.69, 9.17) is 9.47 Å². The van der Waals surface area contributed by atoms with E-state index in [1.165, 1.54) is 212 Å². The molecule has 1 rings (SSSR count). The molecule has 9 nitrogen and oxygen atoms in total. The molecule has 1 aliphatic rings. The number of carbonyl (C=O) groups excluding carboxylic acids is 1. The van der Waals surface area contributed by atoms with Gasteiger partial charge in [0.15, 0.2) is 6.29 Å². The lowest BCUT2D eigenvalue weighted by Gasteiger charge is -2.40. The first-order valence-electron chi connectivity index (χ1n) is 27.2. The molecular weight excluding hydrogens is 779 g/mol. The molecule has 0 saturated carbocycles. The van der Waals surface area contributed by atoms with Crippen LogP contribution in [0.5, 0.6) is 0 Å². The maximum Gasteiger partial charge on any atom is 0.220 e. The summed E-state index contributed by atoms with van der Waals surface area (Å²) < 4.78 is 11.3. The van der Waals surface area contributed by atoms with Gasteiger partial charge in [-0.1, -0.05) is 258 Å². The van der Waals surface area contributed by atoms with E-state index in [0.717, 1.165) is 38.5 Å². The minimum atomic E-state index is -1.55. The summed E-state index contributed by atoms with van der Waals surface area (Å²) >= 11 is 0. The largest absolute Gasteiger partial charge is 0.394 e. The summed E-state index contributed by atoms with van der Waals surface area (Å²) in [7, 11) is 0. The summed E-state index contributed by atoms with van der Waals surface area (Å²) in [6.45, 7) is 3.88. The van der Waals surface area contributed by atoms with Crippen molar-refractivity contribution in [2.24, 2.45) is 0 Å². The van der Waals surface area contributed by atoms with Crippen LogP contribution in [0.25, 0.3) is 0 Å². The minimum Gasteiger partial charge on any atom is -0.394 e. The number of aliphatic hydroxyl groups is 5. The standard InChI is InChI=1S/C53H105NO8/c1-3-5-7-9-11-13-15-17-19-21-22-23-24-25-27-29-31-33-35-37-39-41-43-49(57)54-46(45-61-53-52(60)51(59)50(58)48(44-55)62-53)47(56)42-40-38-36-34-32-30-28-26-20-18-16-14-12-10-8-6-4-2/h46-48,50-53,55-56,58-60H,3-45H2,1-2H3,(H,54,57). The molecule has 1 amide bonds. The van der Waals surface area contributed by atoms with Crippen molar-refractivity contribution in [3.63, 3.8) is 0 Å². The van der Waals surface area contributed by atoms with Gasteiger partial charge in [-0.3, -0.25) is 4.79 Å². The van der Waals surface area contributed by atoms with Gasteiger partial charge in [-0.25, -0.2) is 0 Å². The van der Waals surface area contributed by atoms with Crippen LogP contribution in [0.2, 0.25) is 0 Å². The Bertz CT molecular complexity index is 939. The Balaban J connectivity index is 2.21. The molecule has 1 aliphatic heterocycles. The molecule has 9 heteroatoms. The van der Waals surface area contributed by atoms with Crippen LogP contribution in [0.4, 0.5) is 0 Å².